The average Bonchev–Trinajstić information content (AvgIpc) is 3.57. The van der Waals surface area contributed by atoms with Crippen LogP contribution in [-0.4, -0.2) is 30.4 Å². The summed E-state index contributed by atoms with van der Waals surface area (Å²) in [5, 5.41) is 23.0. The summed E-state index contributed by atoms with van der Waals surface area (Å²) >= 11 is 2.74. The molecule has 0 fully saturated rings. The van der Waals surface area contributed by atoms with Gasteiger partial charge in [-0.1, -0.05) is 50.7 Å². The summed E-state index contributed by atoms with van der Waals surface area (Å²) in [4.78, 5) is 19.2. The Morgan fingerprint density at radius 1 is 1.20 bits per heavy atom. The molecule has 5 rings (SSSR count). The summed E-state index contributed by atoms with van der Waals surface area (Å²) in [5.41, 5.74) is 11.1. The van der Waals surface area contributed by atoms with Gasteiger partial charge in [0.25, 0.3) is 0 Å². The zero-order valence-corrected chi connectivity index (χ0v) is 27.7. The van der Waals surface area contributed by atoms with Crippen LogP contribution in [0.3, 0.4) is 0 Å². The van der Waals surface area contributed by atoms with Gasteiger partial charge in [-0.25, -0.2) is 9.78 Å². The molecule has 1 aliphatic heterocycles. The van der Waals surface area contributed by atoms with Crippen molar-refractivity contribution >= 4 is 29.1 Å². The van der Waals surface area contributed by atoms with Gasteiger partial charge in [-0.3, -0.25) is 0 Å². The van der Waals surface area contributed by atoms with E-state index in [0.717, 1.165) is 52.3 Å². The predicted molar refractivity (Wildman–Crippen MR) is 175 cm³/mol. The van der Waals surface area contributed by atoms with Crippen molar-refractivity contribution in [3.8, 4) is 29.0 Å². The molecule has 0 amide bonds. The highest BCUT2D eigenvalue weighted by Gasteiger charge is 2.39. The van der Waals surface area contributed by atoms with Crippen molar-refractivity contribution in [3.63, 3.8) is 0 Å². The molecule has 3 aromatic rings. The quantitative estimate of drug-likeness (QED) is 0.200. The Balaban J connectivity index is 1.62. The Morgan fingerprint density at radius 3 is 2.56 bits per heavy atom. The second-order valence-electron chi connectivity index (χ2n) is 12.0. The monoisotopic (exact) mass is 640 g/mol. The number of rotatable bonds is 8. The standard InChI is InChI=1S/C35H36N4O4S2/c1-6-42-34(40)31-27(43-32(38)24(17-36)30(31)28-8-7-15-44-28)19-45-33-25(18-37)29(20-9-12-22(41-5)13-10-20)23-16-21(35(2,3)4)11-14-26(23)39-33/h7-10,12-13,15,21,30H,6,11,14,16,19,38H2,1-5H3/t21-,30-/m1/s1. The maximum Gasteiger partial charge on any atom is 0.338 e. The Hall–Kier alpha value is -4.25. The molecule has 232 valence electrons. The molecule has 1 aliphatic carbocycles. The van der Waals surface area contributed by atoms with Crippen molar-refractivity contribution in [2.45, 2.75) is 57.9 Å². The number of carbonyl (C=O) groups excluding carboxylic acids is 1. The average molecular weight is 641 g/mol. The third-order valence-electron chi connectivity index (χ3n) is 8.41. The fourth-order valence-corrected chi connectivity index (χ4v) is 7.78. The van der Waals surface area contributed by atoms with E-state index in [-0.39, 0.29) is 40.6 Å². The van der Waals surface area contributed by atoms with Gasteiger partial charge >= 0.3 is 5.97 Å². The normalized spacial score (nSPS) is 18.0. The number of hydrogen-bond acceptors (Lipinski definition) is 10. The first-order chi connectivity index (χ1) is 21.6. The molecule has 10 heteroatoms. The minimum atomic E-state index is -0.713. The molecule has 2 aliphatic rings. The summed E-state index contributed by atoms with van der Waals surface area (Å²) in [6, 6.07) is 16.1. The first-order valence-corrected chi connectivity index (χ1v) is 16.7. The Labute approximate surface area is 272 Å². The van der Waals surface area contributed by atoms with E-state index in [1.807, 2.05) is 41.8 Å². The smallest absolute Gasteiger partial charge is 0.338 e. The van der Waals surface area contributed by atoms with Crippen LogP contribution in [0.4, 0.5) is 0 Å². The number of thioether (sulfide) groups is 1. The summed E-state index contributed by atoms with van der Waals surface area (Å²) < 4.78 is 16.8. The van der Waals surface area contributed by atoms with E-state index in [9.17, 15) is 15.3 Å². The molecular weight excluding hydrogens is 605 g/mol. The molecule has 0 saturated heterocycles. The van der Waals surface area contributed by atoms with E-state index in [1.54, 1.807) is 14.0 Å². The number of ether oxygens (including phenoxy) is 3. The lowest BCUT2D eigenvalue weighted by Gasteiger charge is -2.36. The summed E-state index contributed by atoms with van der Waals surface area (Å²) in [6.07, 6.45) is 2.63. The van der Waals surface area contributed by atoms with Crippen LogP contribution in [0.25, 0.3) is 11.1 Å². The molecular formula is C35H36N4O4S2. The third kappa shape index (κ3) is 6.45. The van der Waals surface area contributed by atoms with Gasteiger partial charge in [0.05, 0.1) is 36.5 Å². The number of aryl methyl sites for hydroxylation is 1. The number of benzene rings is 1. The topological polar surface area (TPSA) is 131 Å². The number of esters is 1. The molecule has 2 atom stereocenters. The lowest BCUT2D eigenvalue weighted by atomic mass is 9.70. The fraction of sp³-hybridized carbons (Fsp3) is 0.371. The number of methoxy groups -OCH3 is 1. The number of carbonyl (C=O) groups is 1. The van der Waals surface area contributed by atoms with Crippen LogP contribution in [0.5, 0.6) is 5.75 Å². The number of allylic oxidation sites excluding steroid dienone is 1. The molecule has 2 aromatic heterocycles. The van der Waals surface area contributed by atoms with E-state index in [4.69, 9.17) is 24.9 Å². The maximum atomic E-state index is 13.4. The largest absolute Gasteiger partial charge is 0.497 e. The lowest BCUT2D eigenvalue weighted by molar-refractivity contribution is -0.139. The van der Waals surface area contributed by atoms with Crippen molar-refractivity contribution < 1.29 is 19.0 Å². The van der Waals surface area contributed by atoms with Crippen molar-refractivity contribution in [3.05, 3.63) is 86.3 Å². The highest BCUT2D eigenvalue weighted by atomic mass is 32.2. The van der Waals surface area contributed by atoms with E-state index in [2.05, 4.69) is 32.9 Å². The minimum Gasteiger partial charge on any atom is -0.497 e. The number of thiophene rings is 1. The van der Waals surface area contributed by atoms with Gasteiger partial charge in [0.15, 0.2) is 0 Å². The molecule has 2 N–H and O–H groups in total. The van der Waals surface area contributed by atoms with Gasteiger partial charge < -0.3 is 19.9 Å². The predicted octanol–water partition coefficient (Wildman–Crippen LogP) is 7.26. The zero-order valence-electron chi connectivity index (χ0n) is 26.1. The molecule has 3 heterocycles. The van der Waals surface area contributed by atoms with E-state index < -0.39 is 11.9 Å². The van der Waals surface area contributed by atoms with Gasteiger partial charge in [-0.2, -0.15) is 10.5 Å². The van der Waals surface area contributed by atoms with Gasteiger partial charge in [-0.05, 0) is 72.2 Å². The van der Waals surface area contributed by atoms with Crippen molar-refractivity contribution in [1.82, 2.24) is 4.98 Å². The Bertz CT molecular complexity index is 1740. The van der Waals surface area contributed by atoms with Crippen LogP contribution in [0.2, 0.25) is 0 Å². The van der Waals surface area contributed by atoms with Gasteiger partial charge in [0.2, 0.25) is 5.88 Å². The lowest BCUT2D eigenvalue weighted by Crippen LogP contribution is -2.28. The molecule has 8 nitrogen and oxygen atoms in total. The molecule has 45 heavy (non-hydrogen) atoms. The van der Waals surface area contributed by atoms with Crippen LogP contribution in [0, 0.1) is 34.0 Å². The highest BCUT2D eigenvalue weighted by Crippen LogP contribution is 2.46. The molecule has 0 spiro atoms. The van der Waals surface area contributed by atoms with E-state index >= 15 is 0 Å². The van der Waals surface area contributed by atoms with Crippen LogP contribution < -0.4 is 10.5 Å². The zero-order chi connectivity index (χ0) is 32.3. The van der Waals surface area contributed by atoms with Gasteiger partial charge in [-0.15, -0.1) is 11.3 Å². The number of nitrogens with zero attached hydrogens (tertiary/aromatic N) is 3. The number of hydrogen-bond donors (Lipinski definition) is 1. The first-order valence-electron chi connectivity index (χ1n) is 14.8. The van der Waals surface area contributed by atoms with Crippen LogP contribution in [-0.2, 0) is 27.1 Å². The van der Waals surface area contributed by atoms with E-state index in [1.165, 1.54) is 23.1 Å². The van der Waals surface area contributed by atoms with Crippen molar-refractivity contribution in [2.24, 2.45) is 17.1 Å². The molecule has 0 saturated carbocycles. The van der Waals surface area contributed by atoms with Gasteiger partial charge in [0.1, 0.15) is 34.2 Å². The van der Waals surface area contributed by atoms with Crippen molar-refractivity contribution in [2.75, 3.05) is 19.5 Å². The summed E-state index contributed by atoms with van der Waals surface area (Å²) in [5.74, 6) is 0.286. The number of fused-ring (bicyclic) bond motifs is 1. The molecule has 1 aromatic carbocycles. The highest BCUT2D eigenvalue weighted by molar-refractivity contribution is 7.99. The third-order valence-corrected chi connectivity index (χ3v) is 10.3. The number of nitrogens with two attached hydrogens (primary N) is 1. The second kappa shape index (κ2) is 13.4. The summed E-state index contributed by atoms with van der Waals surface area (Å²) in [7, 11) is 1.63. The number of pyridine rings is 1. The van der Waals surface area contributed by atoms with Crippen LogP contribution in [0.1, 0.15) is 61.7 Å². The first kappa shape index (κ1) is 32.2. The second-order valence-corrected chi connectivity index (χ2v) is 14.0. The SMILES string of the molecule is CCOC(=O)C1=C(CSc2nc3c(c(-c4ccc(OC)cc4)c2C#N)C[C@H](C(C)(C)C)CC3)OC(N)=C(C#N)[C@@H]1c1cccs1. The van der Waals surface area contributed by atoms with E-state index in [0.29, 0.717) is 16.5 Å². The van der Waals surface area contributed by atoms with Crippen LogP contribution >= 0.6 is 23.1 Å². The molecule has 0 bridgehead atoms. The van der Waals surface area contributed by atoms with Gasteiger partial charge in [0, 0.05) is 16.1 Å². The number of nitriles is 2. The Morgan fingerprint density at radius 2 is 1.96 bits per heavy atom. The fourth-order valence-electron chi connectivity index (χ4n) is 5.99. The van der Waals surface area contributed by atoms with Crippen molar-refractivity contribution in [1.29, 1.82) is 10.5 Å². The minimum absolute atomic E-state index is 0.0504. The molecule has 0 unspecified atom stereocenters. The Kier molecular flexibility index (Phi) is 9.57. The molecule has 0 radical (unpaired) electrons. The maximum absolute atomic E-state index is 13.4. The number of aromatic nitrogens is 1. The summed E-state index contributed by atoms with van der Waals surface area (Å²) in [6.45, 7) is 8.68. The van der Waals surface area contributed by atoms with Crippen LogP contribution in [0.15, 0.2) is 69.6 Å².